The van der Waals surface area contributed by atoms with E-state index < -0.39 is 0 Å². The molecule has 152 valence electrons. The predicted octanol–water partition coefficient (Wildman–Crippen LogP) is 6.11. The molecule has 0 bridgehead atoms. The van der Waals surface area contributed by atoms with Crippen LogP contribution >= 0.6 is 11.8 Å². The lowest BCUT2D eigenvalue weighted by atomic mass is 10.0. The van der Waals surface area contributed by atoms with Crippen molar-refractivity contribution in [2.45, 2.75) is 38.0 Å². The summed E-state index contributed by atoms with van der Waals surface area (Å²) in [5, 5.41) is 4.82. The number of fused-ring (bicyclic) bond motifs is 1. The van der Waals surface area contributed by atoms with E-state index in [1.54, 1.807) is 30.0 Å². The number of thioether (sulfide) groups is 1. The molecule has 0 spiro atoms. The van der Waals surface area contributed by atoms with Crippen molar-refractivity contribution in [3.05, 3.63) is 89.2 Å². The van der Waals surface area contributed by atoms with Crippen LogP contribution in [0.4, 0.5) is 4.39 Å². The van der Waals surface area contributed by atoms with Crippen molar-refractivity contribution in [1.82, 2.24) is 5.32 Å². The first-order chi connectivity index (χ1) is 14.1. The zero-order chi connectivity index (χ0) is 21.1. The summed E-state index contributed by atoms with van der Waals surface area (Å²) < 4.78 is 13.1. The number of rotatable bonds is 6. The van der Waals surface area contributed by atoms with Crippen molar-refractivity contribution in [2.75, 3.05) is 6.54 Å². The Balaban J connectivity index is 0.000000284. The average Bonchev–Trinajstić information content (AvgIpc) is 2.93. The number of carbonyl (C=O) groups excluding carboxylic acids is 1. The van der Waals surface area contributed by atoms with E-state index in [4.69, 9.17) is 4.99 Å². The molecule has 1 heterocycles. The number of carbonyl (C=O) groups is 1. The molecule has 0 aromatic heterocycles. The fourth-order valence-corrected chi connectivity index (χ4v) is 3.52. The van der Waals surface area contributed by atoms with Gasteiger partial charge in [0.15, 0.2) is 0 Å². The van der Waals surface area contributed by atoms with Gasteiger partial charge in [0, 0.05) is 34.7 Å². The van der Waals surface area contributed by atoms with Crippen molar-refractivity contribution in [2.24, 2.45) is 4.99 Å². The Bertz CT molecular complexity index is 888. The Morgan fingerprint density at radius 1 is 1.17 bits per heavy atom. The summed E-state index contributed by atoms with van der Waals surface area (Å²) in [4.78, 5) is 16.6. The lowest BCUT2D eigenvalue weighted by molar-refractivity contribution is -0.120. The van der Waals surface area contributed by atoms with Crippen molar-refractivity contribution in [3.8, 4) is 0 Å². The van der Waals surface area contributed by atoms with Crippen LogP contribution in [0.2, 0.25) is 0 Å². The fourth-order valence-electron chi connectivity index (χ4n) is 2.58. The molecule has 1 aliphatic heterocycles. The smallest absolute Gasteiger partial charge is 0.223 e. The molecule has 0 atom stereocenters. The molecule has 29 heavy (non-hydrogen) atoms. The third-order valence-electron chi connectivity index (χ3n) is 4.10. The first kappa shape index (κ1) is 22.6. The third-order valence-corrected chi connectivity index (χ3v) is 5.10. The van der Waals surface area contributed by atoms with Crippen LogP contribution in [-0.2, 0) is 4.79 Å². The predicted molar refractivity (Wildman–Crippen MR) is 121 cm³/mol. The van der Waals surface area contributed by atoms with E-state index in [-0.39, 0.29) is 11.7 Å². The largest absolute Gasteiger partial charge is 0.356 e. The maximum Gasteiger partial charge on any atom is 0.223 e. The lowest BCUT2D eigenvalue weighted by Gasteiger charge is -2.09. The van der Waals surface area contributed by atoms with Crippen LogP contribution in [0.3, 0.4) is 0 Å². The monoisotopic (exact) mass is 410 g/mol. The van der Waals surface area contributed by atoms with E-state index in [0.717, 1.165) is 41.9 Å². The Labute approximate surface area is 176 Å². The zero-order valence-electron chi connectivity index (χ0n) is 17.0. The first-order valence-electron chi connectivity index (χ1n) is 9.76. The van der Waals surface area contributed by atoms with Crippen LogP contribution in [0.15, 0.2) is 82.2 Å². The van der Waals surface area contributed by atoms with Crippen molar-refractivity contribution < 1.29 is 9.18 Å². The minimum Gasteiger partial charge on any atom is -0.356 e. The van der Waals surface area contributed by atoms with E-state index in [1.807, 2.05) is 19.1 Å². The summed E-state index contributed by atoms with van der Waals surface area (Å²) in [6.45, 7) is 8.33. The summed E-state index contributed by atoms with van der Waals surface area (Å²) in [5.74, 6) is -0.163. The van der Waals surface area contributed by atoms with E-state index in [2.05, 4.69) is 36.4 Å². The highest BCUT2D eigenvalue weighted by atomic mass is 32.2. The van der Waals surface area contributed by atoms with Gasteiger partial charge in [0.25, 0.3) is 0 Å². The van der Waals surface area contributed by atoms with Crippen molar-refractivity contribution in [1.29, 1.82) is 0 Å². The number of allylic oxidation sites excluding steroid dienone is 1. The molecule has 3 nitrogen and oxygen atoms in total. The lowest BCUT2D eigenvalue weighted by Crippen LogP contribution is -2.22. The Hall–Kier alpha value is -2.66. The fraction of sp³-hybridized carbons (Fsp3) is 0.250. The molecule has 0 saturated carbocycles. The maximum absolute atomic E-state index is 13.1. The second-order valence-electron chi connectivity index (χ2n) is 6.39. The molecule has 0 radical (unpaired) electrons. The second-order valence-corrected chi connectivity index (χ2v) is 7.30. The van der Waals surface area contributed by atoms with Gasteiger partial charge < -0.3 is 5.32 Å². The van der Waals surface area contributed by atoms with Gasteiger partial charge in [-0.05, 0) is 48.6 Å². The molecule has 5 heteroatoms. The van der Waals surface area contributed by atoms with Crippen LogP contribution in [0.25, 0.3) is 0 Å². The molecule has 1 aliphatic rings. The van der Waals surface area contributed by atoms with Crippen LogP contribution in [0.1, 0.15) is 44.2 Å². The minimum absolute atomic E-state index is 0.0619. The Morgan fingerprint density at radius 3 is 2.55 bits per heavy atom. The van der Waals surface area contributed by atoms with Crippen molar-refractivity contribution in [3.63, 3.8) is 0 Å². The van der Waals surface area contributed by atoms with E-state index in [1.165, 1.54) is 17.0 Å². The molecule has 0 saturated heterocycles. The molecule has 0 fully saturated rings. The number of amides is 1. The molecule has 1 N–H and O–H groups in total. The second kappa shape index (κ2) is 12.0. The van der Waals surface area contributed by atoms with Crippen LogP contribution in [0.5, 0.6) is 0 Å². The number of halogens is 1. The Kier molecular flexibility index (Phi) is 9.38. The SMILES string of the molecule is C=CCC(=O)NCCC.CCC1=CSc2ccccc2C(c2ccc(F)cc2)=N1. The van der Waals surface area contributed by atoms with Gasteiger partial charge in [-0.25, -0.2) is 4.39 Å². The first-order valence-corrected chi connectivity index (χ1v) is 10.6. The minimum atomic E-state index is -0.225. The van der Waals surface area contributed by atoms with Gasteiger partial charge >= 0.3 is 0 Å². The maximum atomic E-state index is 13.1. The summed E-state index contributed by atoms with van der Waals surface area (Å²) in [6.07, 6.45) is 3.90. The third kappa shape index (κ3) is 7.02. The summed E-state index contributed by atoms with van der Waals surface area (Å²) in [6, 6.07) is 14.7. The Morgan fingerprint density at radius 2 is 1.90 bits per heavy atom. The standard InChI is InChI=1S/C17H14FNS.C7H13NO/c1-2-14-11-20-16-6-4-3-5-15(16)17(19-14)12-7-9-13(18)10-8-12;1-3-5-7(9)8-6-4-2/h3-11H,2H2,1H3;3H,1,4-6H2,2H3,(H,8,9). The molecule has 2 aromatic carbocycles. The van der Waals surface area contributed by atoms with E-state index in [0.29, 0.717) is 6.42 Å². The topological polar surface area (TPSA) is 41.5 Å². The van der Waals surface area contributed by atoms with Crippen LogP contribution in [-0.4, -0.2) is 18.2 Å². The molecule has 2 aromatic rings. The van der Waals surface area contributed by atoms with Gasteiger partial charge in [-0.2, -0.15) is 0 Å². The number of nitrogens with zero attached hydrogens (tertiary/aromatic N) is 1. The van der Waals surface area contributed by atoms with Gasteiger partial charge in [0.05, 0.1) is 5.71 Å². The van der Waals surface area contributed by atoms with Gasteiger partial charge in [-0.15, -0.1) is 6.58 Å². The molecular weight excluding hydrogens is 383 g/mol. The zero-order valence-corrected chi connectivity index (χ0v) is 17.8. The summed E-state index contributed by atoms with van der Waals surface area (Å²) in [5.41, 5.74) is 4.01. The highest BCUT2D eigenvalue weighted by Crippen LogP contribution is 2.31. The molecule has 3 rings (SSSR count). The van der Waals surface area contributed by atoms with Gasteiger partial charge in [0.1, 0.15) is 5.82 Å². The number of hydrogen-bond acceptors (Lipinski definition) is 3. The quantitative estimate of drug-likeness (QED) is 0.584. The molecule has 0 unspecified atom stereocenters. The highest BCUT2D eigenvalue weighted by molar-refractivity contribution is 8.02. The van der Waals surface area contributed by atoms with Crippen LogP contribution in [0, 0.1) is 5.82 Å². The number of nitrogens with one attached hydrogen (secondary N) is 1. The number of hydrogen-bond donors (Lipinski definition) is 1. The van der Waals surface area contributed by atoms with Gasteiger partial charge in [-0.1, -0.05) is 49.9 Å². The average molecular weight is 411 g/mol. The van der Waals surface area contributed by atoms with Crippen LogP contribution < -0.4 is 5.32 Å². The summed E-state index contributed by atoms with van der Waals surface area (Å²) >= 11 is 1.69. The number of aliphatic imine (C=N–C) groups is 1. The van der Waals surface area contributed by atoms with E-state index in [9.17, 15) is 9.18 Å². The van der Waals surface area contributed by atoms with E-state index >= 15 is 0 Å². The highest BCUT2D eigenvalue weighted by Gasteiger charge is 2.15. The van der Waals surface area contributed by atoms with Crippen molar-refractivity contribution >= 4 is 23.4 Å². The van der Waals surface area contributed by atoms with Gasteiger partial charge in [-0.3, -0.25) is 9.79 Å². The number of benzene rings is 2. The normalized spacial score (nSPS) is 12.4. The summed E-state index contributed by atoms with van der Waals surface area (Å²) in [7, 11) is 0. The molecule has 0 aliphatic carbocycles. The van der Waals surface area contributed by atoms with Gasteiger partial charge in [0.2, 0.25) is 5.91 Å². The molecular formula is C24H27FN2OS. The molecule has 1 amide bonds.